The highest BCUT2D eigenvalue weighted by Gasteiger charge is 2.22. The van der Waals surface area contributed by atoms with Crippen LogP contribution in [0, 0.1) is 5.92 Å². The van der Waals surface area contributed by atoms with Crippen molar-refractivity contribution in [3.63, 3.8) is 0 Å². The summed E-state index contributed by atoms with van der Waals surface area (Å²) in [6.45, 7) is 5.45. The summed E-state index contributed by atoms with van der Waals surface area (Å²) in [7, 11) is 0. The van der Waals surface area contributed by atoms with Gasteiger partial charge >= 0.3 is 0 Å². The lowest BCUT2D eigenvalue weighted by atomic mass is 9.91. The molecule has 16 heavy (non-hydrogen) atoms. The average Bonchev–Trinajstić information content (AvgIpc) is 2.23. The van der Waals surface area contributed by atoms with Crippen LogP contribution in [-0.2, 0) is 13.0 Å². The zero-order valence-electron chi connectivity index (χ0n) is 9.69. The van der Waals surface area contributed by atoms with Crippen LogP contribution in [0.25, 0.3) is 0 Å². The van der Waals surface area contributed by atoms with Crippen LogP contribution in [0.4, 0.5) is 0 Å². The largest absolute Gasteiger partial charge is 0.310 e. The molecule has 0 amide bonds. The minimum atomic E-state index is 0.569. The van der Waals surface area contributed by atoms with Gasteiger partial charge in [-0.3, -0.25) is 0 Å². The monoisotopic (exact) mass is 301 g/mol. The summed E-state index contributed by atoms with van der Waals surface area (Å²) >= 11 is 9.86. The first-order valence-electron chi connectivity index (χ1n) is 5.77. The lowest BCUT2D eigenvalue weighted by molar-refractivity contribution is 0.397. The molecule has 3 heteroatoms. The summed E-state index contributed by atoms with van der Waals surface area (Å²) in [5, 5.41) is 4.50. The number of rotatable bonds is 2. The predicted octanol–water partition coefficient (Wildman–Crippen LogP) is 4.16. The van der Waals surface area contributed by atoms with Crippen molar-refractivity contribution in [3.05, 3.63) is 32.8 Å². The lowest BCUT2D eigenvalue weighted by Gasteiger charge is -2.28. The second-order valence-electron chi connectivity index (χ2n) is 4.90. The van der Waals surface area contributed by atoms with Gasteiger partial charge in [0.25, 0.3) is 0 Å². The zero-order chi connectivity index (χ0) is 11.7. The van der Waals surface area contributed by atoms with Crippen molar-refractivity contribution in [2.24, 2.45) is 5.92 Å². The average molecular weight is 303 g/mol. The minimum absolute atomic E-state index is 0.569. The molecule has 1 heterocycles. The molecule has 0 aliphatic carbocycles. The molecule has 0 bridgehead atoms. The second-order valence-corrected chi connectivity index (χ2v) is 6.16. The predicted molar refractivity (Wildman–Crippen MR) is 72.9 cm³/mol. The minimum Gasteiger partial charge on any atom is -0.310 e. The van der Waals surface area contributed by atoms with Crippen LogP contribution in [0.5, 0.6) is 0 Å². The van der Waals surface area contributed by atoms with Crippen LogP contribution in [-0.4, -0.2) is 6.04 Å². The molecule has 1 N–H and O–H groups in total. The maximum atomic E-state index is 6.27. The Morgan fingerprint density at radius 1 is 1.44 bits per heavy atom. The molecule has 1 unspecified atom stereocenters. The molecule has 1 atom stereocenters. The maximum absolute atomic E-state index is 6.27. The van der Waals surface area contributed by atoms with Gasteiger partial charge in [-0.25, -0.2) is 0 Å². The summed E-state index contributed by atoms with van der Waals surface area (Å²) in [6, 6.07) is 4.59. The first kappa shape index (κ1) is 12.4. The Kier molecular flexibility index (Phi) is 3.93. The van der Waals surface area contributed by atoms with E-state index in [1.807, 2.05) is 12.1 Å². The molecule has 1 aromatic carbocycles. The first-order chi connectivity index (χ1) is 7.58. The smallest absolute Gasteiger partial charge is 0.0442 e. The topological polar surface area (TPSA) is 12.0 Å². The molecule has 1 aliphatic rings. The van der Waals surface area contributed by atoms with E-state index < -0.39 is 0 Å². The number of hydrogen-bond donors (Lipinski definition) is 1. The molecule has 1 aliphatic heterocycles. The van der Waals surface area contributed by atoms with Crippen LogP contribution in [0.1, 0.15) is 31.4 Å². The number of hydrogen-bond acceptors (Lipinski definition) is 1. The van der Waals surface area contributed by atoms with Gasteiger partial charge in [0.05, 0.1) is 0 Å². The highest BCUT2D eigenvalue weighted by atomic mass is 79.9. The van der Waals surface area contributed by atoms with Crippen LogP contribution in [0.2, 0.25) is 5.02 Å². The molecule has 0 radical (unpaired) electrons. The van der Waals surface area contributed by atoms with Crippen LogP contribution in [0.15, 0.2) is 16.6 Å². The van der Waals surface area contributed by atoms with Gasteiger partial charge in [0.2, 0.25) is 0 Å². The molecule has 1 aromatic rings. The fourth-order valence-electron chi connectivity index (χ4n) is 2.35. The third kappa shape index (κ3) is 2.61. The Balaban J connectivity index is 2.23. The molecular formula is C13H17BrClN. The van der Waals surface area contributed by atoms with Crippen molar-refractivity contribution in [2.45, 2.75) is 39.3 Å². The summed E-state index contributed by atoms with van der Waals surface area (Å²) in [6.07, 6.45) is 2.26. The van der Waals surface area contributed by atoms with E-state index in [1.165, 1.54) is 22.0 Å². The van der Waals surface area contributed by atoms with Crippen LogP contribution < -0.4 is 5.32 Å². The van der Waals surface area contributed by atoms with Crippen molar-refractivity contribution in [3.8, 4) is 0 Å². The van der Waals surface area contributed by atoms with E-state index in [-0.39, 0.29) is 0 Å². The molecule has 88 valence electrons. The Labute approximate surface area is 111 Å². The molecule has 0 spiro atoms. The van der Waals surface area contributed by atoms with Crippen molar-refractivity contribution in [2.75, 3.05) is 0 Å². The quantitative estimate of drug-likeness (QED) is 0.865. The zero-order valence-corrected chi connectivity index (χ0v) is 12.0. The Hall–Kier alpha value is -0.0500. The molecular weight excluding hydrogens is 286 g/mol. The van der Waals surface area contributed by atoms with Gasteiger partial charge in [0.1, 0.15) is 0 Å². The number of halogens is 2. The van der Waals surface area contributed by atoms with E-state index in [0.717, 1.165) is 23.9 Å². The van der Waals surface area contributed by atoms with Crippen LogP contribution >= 0.6 is 27.5 Å². The van der Waals surface area contributed by atoms with Gasteiger partial charge < -0.3 is 5.32 Å². The maximum Gasteiger partial charge on any atom is 0.0442 e. The first-order valence-corrected chi connectivity index (χ1v) is 6.94. The highest BCUT2D eigenvalue weighted by Crippen LogP contribution is 2.31. The van der Waals surface area contributed by atoms with E-state index in [4.69, 9.17) is 11.6 Å². The molecule has 0 saturated heterocycles. The number of benzene rings is 1. The van der Waals surface area contributed by atoms with E-state index >= 15 is 0 Å². The lowest BCUT2D eigenvalue weighted by Crippen LogP contribution is -2.36. The number of nitrogens with one attached hydrogen (secondary N) is 1. The summed E-state index contributed by atoms with van der Waals surface area (Å²) in [5.41, 5.74) is 2.65. The van der Waals surface area contributed by atoms with Gasteiger partial charge in [0, 0.05) is 22.1 Å². The summed E-state index contributed by atoms with van der Waals surface area (Å²) in [4.78, 5) is 0. The van der Waals surface area contributed by atoms with Gasteiger partial charge in [-0.1, -0.05) is 41.4 Å². The molecule has 0 saturated carbocycles. The van der Waals surface area contributed by atoms with Crippen molar-refractivity contribution in [1.29, 1.82) is 0 Å². The normalized spacial score (nSPS) is 19.9. The van der Waals surface area contributed by atoms with Crippen molar-refractivity contribution >= 4 is 27.5 Å². The Morgan fingerprint density at radius 3 is 2.88 bits per heavy atom. The van der Waals surface area contributed by atoms with Crippen LogP contribution in [0.3, 0.4) is 0 Å². The summed E-state index contributed by atoms with van der Waals surface area (Å²) in [5.74, 6) is 0.727. The SMILES string of the molecule is CC(C)CC1Cc2c(Cl)ccc(Br)c2CN1. The van der Waals surface area contributed by atoms with Gasteiger partial charge in [0.15, 0.2) is 0 Å². The van der Waals surface area contributed by atoms with Crippen molar-refractivity contribution < 1.29 is 0 Å². The Morgan fingerprint density at radius 2 is 2.19 bits per heavy atom. The Bertz CT molecular complexity index is 390. The molecule has 2 rings (SSSR count). The summed E-state index contributed by atoms with van der Waals surface area (Å²) < 4.78 is 1.17. The standard InChI is InChI=1S/C13H17BrClN/c1-8(2)5-9-6-10-11(7-16-9)12(14)3-4-13(10)15/h3-4,8-9,16H,5-7H2,1-2H3. The van der Waals surface area contributed by atoms with E-state index in [9.17, 15) is 0 Å². The van der Waals surface area contributed by atoms with Gasteiger partial charge in [-0.05, 0) is 42.0 Å². The third-order valence-electron chi connectivity index (χ3n) is 3.09. The highest BCUT2D eigenvalue weighted by molar-refractivity contribution is 9.10. The van der Waals surface area contributed by atoms with Gasteiger partial charge in [-0.15, -0.1) is 0 Å². The van der Waals surface area contributed by atoms with Crippen molar-refractivity contribution in [1.82, 2.24) is 5.32 Å². The van der Waals surface area contributed by atoms with Gasteiger partial charge in [-0.2, -0.15) is 0 Å². The third-order valence-corrected chi connectivity index (χ3v) is 4.19. The van der Waals surface area contributed by atoms with E-state index in [2.05, 4.69) is 35.1 Å². The fourth-order valence-corrected chi connectivity index (χ4v) is 3.11. The second kappa shape index (κ2) is 5.07. The number of fused-ring (bicyclic) bond motifs is 1. The molecule has 0 aromatic heterocycles. The fraction of sp³-hybridized carbons (Fsp3) is 0.538. The van der Waals surface area contributed by atoms with E-state index in [0.29, 0.717) is 6.04 Å². The molecule has 1 nitrogen and oxygen atoms in total. The van der Waals surface area contributed by atoms with E-state index in [1.54, 1.807) is 0 Å². The molecule has 0 fully saturated rings.